The summed E-state index contributed by atoms with van der Waals surface area (Å²) in [6.07, 6.45) is 0. The summed E-state index contributed by atoms with van der Waals surface area (Å²) in [4.78, 5) is 35.2. The number of carboxylic acids is 1. The van der Waals surface area contributed by atoms with Crippen molar-refractivity contribution in [2.24, 2.45) is 5.41 Å². The van der Waals surface area contributed by atoms with E-state index in [-0.39, 0.29) is 17.2 Å². The van der Waals surface area contributed by atoms with Crippen molar-refractivity contribution in [2.75, 3.05) is 5.32 Å². The van der Waals surface area contributed by atoms with Gasteiger partial charge in [0.05, 0.1) is 11.3 Å². The summed E-state index contributed by atoms with van der Waals surface area (Å²) in [5.41, 5.74) is 0.400. The van der Waals surface area contributed by atoms with Crippen LogP contribution >= 0.6 is 0 Å². The van der Waals surface area contributed by atoms with Gasteiger partial charge in [-0.3, -0.25) is 9.59 Å². The van der Waals surface area contributed by atoms with Crippen LogP contribution in [0, 0.1) is 12.3 Å². The monoisotopic (exact) mass is 306 g/mol. The molecular formula is C16H22N2O4. The maximum Gasteiger partial charge on any atom is 0.337 e. The maximum atomic E-state index is 12.1. The second-order valence-corrected chi connectivity index (χ2v) is 6.29. The molecule has 0 fully saturated rings. The number of aromatic carboxylic acids is 1. The first kappa shape index (κ1) is 17.7. The standard InChI is InChI=1S/C16H22N2O4/c1-9-6-7-12(11(8-9)14(20)21)18-13(19)10(2)17-15(22)16(3,4)5/h6-8,10H,1-5H3,(H,17,22)(H,18,19)(H,20,21). The zero-order valence-electron chi connectivity index (χ0n) is 13.5. The van der Waals surface area contributed by atoms with Crippen LogP contribution < -0.4 is 10.6 Å². The van der Waals surface area contributed by atoms with Gasteiger partial charge in [0.1, 0.15) is 6.04 Å². The predicted octanol–water partition coefficient (Wildman–Crippen LogP) is 2.18. The van der Waals surface area contributed by atoms with Gasteiger partial charge in [-0.25, -0.2) is 4.79 Å². The number of carbonyl (C=O) groups is 3. The third kappa shape index (κ3) is 4.58. The van der Waals surface area contributed by atoms with Crippen LogP contribution in [0.4, 0.5) is 5.69 Å². The van der Waals surface area contributed by atoms with Gasteiger partial charge in [0, 0.05) is 5.41 Å². The predicted molar refractivity (Wildman–Crippen MR) is 83.8 cm³/mol. The molecule has 0 bridgehead atoms. The summed E-state index contributed by atoms with van der Waals surface area (Å²) >= 11 is 0. The summed E-state index contributed by atoms with van der Waals surface area (Å²) < 4.78 is 0. The average Bonchev–Trinajstić information content (AvgIpc) is 2.39. The Morgan fingerprint density at radius 3 is 2.27 bits per heavy atom. The van der Waals surface area contributed by atoms with E-state index in [1.807, 2.05) is 0 Å². The molecule has 2 amide bonds. The molecule has 0 saturated heterocycles. The minimum absolute atomic E-state index is 0.0164. The Kier molecular flexibility index (Phi) is 5.30. The summed E-state index contributed by atoms with van der Waals surface area (Å²) in [5, 5.41) is 14.3. The lowest BCUT2D eigenvalue weighted by molar-refractivity contribution is -0.131. The highest BCUT2D eigenvalue weighted by Crippen LogP contribution is 2.18. The molecule has 1 aromatic carbocycles. The number of carboxylic acid groups (broad SMARTS) is 1. The van der Waals surface area contributed by atoms with Gasteiger partial charge in [0.25, 0.3) is 0 Å². The van der Waals surface area contributed by atoms with Crippen molar-refractivity contribution in [3.63, 3.8) is 0 Å². The van der Waals surface area contributed by atoms with Gasteiger partial charge >= 0.3 is 5.97 Å². The summed E-state index contributed by atoms with van der Waals surface area (Å²) in [5.74, 6) is -1.84. The van der Waals surface area contributed by atoms with Crippen molar-refractivity contribution < 1.29 is 19.5 Å². The van der Waals surface area contributed by atoms with Crippen LogP contribution in [0.1, 0.15) is 43.6 Å². The minimum atomic E-state index is -1.12. The zero-order valence-corrected chi connectivity index (χ0v) is 13.5. The van der Waals surface area contributed by atoms with E-state index in [1.54, 1.807) is 40.7 Å². The molecule has 0 heterocycles. The first-order valence-electron chi connectivity index (χ1n) is 6.98. The first-order valence-corrected chi connectivity index (χ1v) is 6.98. The Hall–Kier alpha value is -2.37. The smallest absolute Gasteiger partial charge is 0.337 e. The lowest BCUT2D eigenvalue weighted by Gasteiger charge is -2.21. The summed E-state index contributed by atoms with van der Waals surface area (Å²) in [6.45, 7) is 8.55. The molecule has 0 aromatic heterocycles. The van der Waals surface area contributed by atoms with E-state index in [9.17, 15) is 19.5 Å². The lowest BCUT2D eigenvalue weighted by Crippen LogP contribution is -2.46. The van der Waals surface area contributed by atoms with Crippen molar-refractivity contribution in [3.8, 4) is 0 Å². The fourth-order valence-electron chi connectivity index (χ4n) is 1.66. The molecule has 6 nitrogen and oxygen atoms in total. The van der Waals surface area contributed by atoms with Crippen molar-refractivity contribution in [1.82, 2.24) is 5.32 Å². The zero-order chi connectivity index (χ0) is 17.1. The number of amides is 2. The van der Waals surface area contributed by atoms with Gasteiger partial charge < -0.3 is 15.7 Å². The van der Waals surface area contributed by atoms with E-state index in [4.69, 9.17) is 0 Å². The normalized spacial score (nSPS) is 12.4. The largest absolute Gasteiger partial charge is 0.478 e. The second kappa shape index (κ2) is 6.60. The van der Waals surface area contributed by atoms with Gasteiger partial charge in [0.15, 0.2) is 0 Å². The Morgan fingerprint density at radius 1 is 1.18 bits per heavy atom. The van der Waals surface area contributed by atoms with Crippen LogP contribution in [0.3, 0.4) is 0 Å². The molecule has 1 rings (SSSR count). The maximum absolute atomic E-state index is 12.1. The number of hydrogen-bond donors (Lipinski definition) is 3. The third-order valence-electron chi connectivity index (χ3n) is 3.09. The minimum Gasteiger partial charge on any atom is -0.478 e. The van der Waals surface area contributed by atoms with E-state index in [0.29, 0.717) is 0 Å². The summed E-state index contributed by atoms with van der Waals surface area (Å²) in [6, 6.07) is 3.96. The molecule has 1 aromatic rings. The number of hydrogen-bond acceptors (Lipinski definition) is 3. The van der Waals surface area contributed by atoms with Crippen LogP contribution in [-0.4, -0.2) is 28.9 Å². The molecule has 6 heteroatoms. The number of benzene rings is 1. The molecule has 0 aliphatic heterocycles. The van der Waals surface area contributed by atoms with Crippen LogP contribution in [0.25, 0.3) is 0 Å². The number of carbonyl (C=O) groups excluding carboxylic acids is 2. The number of rotatable bonds is 4. The molecular weight excluding hydrogens is 284 g/mol. The lowest BCUT2D eigenvalue weighted by atomic mass is 9.95. The van der Waals surface area contributed by atoms with Crippen molar-refractivity contribution in [2.45, 2.75) is 40.7 Å². The molecule has 0 spiro atoms. The van der Waals surface area contributed by atoms with Gasteiger partial charge in [-0.05, 0) is 26.0 Å². The van der Waals surface area contributed by atoms with E-state index in [1.165, 1.54) is 12.1 Å². The quantitative estimate of drug-likeness (QED) is 0.794. The number of nitrogens with one attached hydrogen (secondary N) is 2. The Labute approximate surface area is 129 Å². The molecule has 0 saturated carbocycles. The van der Waals surface area contributed by atoms with E-state index in [2.05, 4.69) is 10.6 Å². The van der Waals surface area contributed by atoms with Gasteiger partial charge in [-0.2, -0.15) is 0 Å². The van der Waals surface area contributed by atoms with Gasteiger partial charge in [0.2, 0.25) is 11.8 Å². The molecule has 0 aliphatic carbocycles. The molecule has 1 unspecified atom stereocenters. The van der Waals surface area contributed by atoms with E-state index >= 15 is 0 Å². The van der Waals surface area contributed by atoms with E-state index < -0.39 is 23.3 Å². The van der Waals surface area contributed by atoms with Crippen molar-refractivity contribution >= 4 is 23.5 Å². The van der Waals surface area contributed by atoms with Crippen LogP contribution in [0.2, 0.25) is 0 Å². The Balaban J connectivity index is 2.85. The van der Waals surface area contributed by atoms with Crippen LogP contribution in [0.5, 0.6) is 0 Å². The molecule has 0 radical (unpaired) electrons. The molecule has 3 N–H and O–H groups in total. The topological polar surface area (TPSA) is 95.5 Å². The Bertz CT molecular complexity index is 603. The first-order chi connectivity index (χ1) is 10.0. The fraction of sp³-hybridized carbons (Fsp3) is 0.438. The van der Waals surface area contributed by atoms with Gasteiger partial charge in [-0.15, -0.1) is 0 Å². The molecule has 1 atom stereocenters. The molecule has 22 heavy (non-hydrogen) atoms. The highest BCUT2D eigenvalue weighted by atomic mass is 16.4. The SMILES string of the molecule is Cc1ccc(NC(=O)C(C)NC(=O)C(C)(C)C)c(C(=O)O)c1. The number of aryl methyl sites for hydroxylation is 1. The molecule has 120 valence electrons. The van der Waals surface area contributed by atoms with Crippen LogP contribution in [-0.2, 0) is 9.59 Å². The highest BCUT2D eigenvalue weighted by Gasteiger charge is 2.25. The number of anilines is 1. The fourth-order valence-corrected chi connectivity index (χ4v) is 1.66. The summed E-state index contributed by atoms with van der Waals surface area (Å²) in [7, 11) is 0. The van der Waals surface area contributed by atoms with Crippen molar-refractivity contribution in [3.05, 3.63) is 29.3 Å². The molecule has 0 aliphatic rings. The van der Waals surface area contributed by atoms with Crippen molar-refractivity contribution in [1.29, 1.82) is 0 Å². The van der Waals surface area contributed by atoms with E-state index in [0.717, 1.165) is 5.56 Å². The highest BCUT2D eigenvalue weighted by molar-refractivity contribution is 6.03. The average molecular weight is 306 g/mol. The van der Waals surface area contributed by atoms with Crippen LogP contribution in [0.15, 0.2) is 18.2 Å². The third-order valence-corrected chi connectivity index (χ3v) is 3.09. The Morgan fingerprint density at radius 2 is 1.77 bits per heavy atom. The second-order valence-electron chi connectivity index (χ2n) is 6.29. The van der Waals surface area contributed by atoms with Gasteiger partial charge in [-0.1, -0.05) is 32.4 Å².